The molecule has 6 heteroatoms. The van der Waals surface area contributed by atoms with Crippen molar-refractivity contribution < 1.29 is 14.6 Å². The molecule has 1 atom stereocenters. The van der Waals surface area contributed by atoms with Crippen LogP contribution in [0.1, 0.15) is 18.9 Å². The van der Waals surface area contributed by atoms with E-state index in [1.165, 1.54) is 0 Å². The van der Waals surface area contributed by atoms with E-state index in [2.05, 4.69) is 10.4 Å². The molecule has 6 nitrogen and oxygen atoms in total. The number of ether oxygens (including phenoxy) is 2. The quantitative estimate of drug-likeness (QED) is 0.847. The lowest BCUT2D eigenvalue weighted by Gasteiger charge is -2.11. The first-order chi connectivity index (χ1) is 11.7. The van der Waals surface area contributed by atoms with Gasteiger partial charge in [-0.15, -0.1) is 0 Å². The molecule has 0 saturated heterocycles. The fourth-order valence-corrected chi connectivity index (χ4v) is 2.74. The van der Waals surface area contributed by atoms with Gasteiger partial charge in [-0.1, -0.05) is 6.92 Å². The van der Waals surface area contributed by atoms with Gasteiger partial charge < -0.3 is 19.9 Å². The number of aliphatic hydroxyl groups is 1. The van der Waals surface area contributed by atoms with Gasteiger partial charge in [-0.25, -0.2) is 0 Å². The molecule has 1 aromatic heterocycles. The third-order valence-corrected chi connectivity index (χ3v) is 4.05. The second kappa shape index (κ2) is 7.68. The van der Waals surface area contributed by atoms with Gasteiger partial charge in [0.1, 0.15) is 0 Å². The van der Waals surface area contributed by atoms with E-state index < -0.39 is 0 Å². The van der Waals surface area contributed by atoms with Crippen LogP contribution >= 0.6 is 0 Å². The molecule has 0 aliphatic carbocycles. The van der Waals surface area contributed by atoms with Gasteiger partial charge in [0.25, 0.3) is 0 Å². The highest BCUT2D eigenvalue weighted by Crippen LogP contribution is 2.34. The first-order valence-corrected chi connectivity index (χ1v) is 8.41. The molecule has 0 fully saturated rings. The second-order valence-electron chi connectivity index (χ2n) is 6.31. The SMILES string of the molecule is CC(CO)CNCc1cn(C)nc1-c1ccc2c(c1)OCCCO2. The molecule has 2 heterocycles. The minimum absolute atomic E-state index is 0.190. The summed E-state index contributed by atoms with van der Waals surface area (Å²) in [6.45, 7) is 5.05. The molecule has 3 rings (SSSR count). The zero-order valence-electron chi connectivity index (χ0n) is 14.3. The maximum absolute atomic E-state index is 9.12. The first-order valence-electron chi connectivity index (χ1n) is 8.41. The molecular weight excluding hydrogens is 306 g/mol. The van der Waals surface area contributed by atoms with Crippen molar-refractivity contribution in [1.82, 2.24) is 15.1 Å². The molecule has 130 valence electrons. The lowest BCUT2D eigenvalue weighted by atomic mass is 10.1. The van der Waals surface area contributed by atoms with E-state index in [0.717, 1.165) is 41.3 Å². The van der Waals surface area contributed by atoms with Crippen molar-refractivity contribution in [3.8, 4) is 22.8 Å². The number of hydrogen-bond acceptors (Lipinski definition) is 5. The van der Waals surface area contributed by atoms with Crippen LogP contribution in [0.5, 0.6) is 11.5 Å². The Morgan fingerprint density at radius 3 is 2.88 bits per heavy atom. The Morgan fingerprint density at radius 1 is 1.29 bits per heavy atom. The van der Waals surface area contributed by atoms with Crippen molar-refractivity contribution in [2.75, 3.05) is 26.4 Å². The summed E-state index contributed by atoms with van der Waals surface area (Å²) in [5, 5.41) is 17.1. The lowest BCUT2D eigenvalue weighted by molar-refractivity contribution is 0.233. The molecule has 0 bridgehead atoms. The van der Waals surface area contributed by atoms with E-state index >= 15 is 0 Å². The van der Waals surface area contributed by atoms with Crippen LogP contribution in [0, 0.1) is 5.92 Å². The number of benzene rings is 1. The van der Waals surface area contributed by atoms with Gasteiger partial charge in [0.05, 0.1) is 18.9 Å². The Bertz CT molecular complexity index is 684. The third-order valence-electron chi connectivity index (χ3n) is 4.05. The highest BCUT2D eigenvalue weighted by Gasteiger charge is 2.15. The lowest BCUT2D eigenvalue weighted by Crippen LogP contribution is -2.22. The van der Waals surface area contributed by atoms with E-state index in [1.54, 1.807) is 0 Å². The highest BCUT2D eigenvalue weighted by molar-refractivity contribution is 5.66. The average Bonchev–Trinajstić information content (AvgIpc) is 2.81. The predicted octanol–water partition coefficient (Wildman–Crippen LogP) is 1.97. The van der Waals surface area contributed by atoms with E-state index in [9.17, 15) is 0 Å². The number of nitrogens with zero attached hydrogens (tertiary/aromatic N) is 2. The maximum Gasteiger partial charge on any atom is 0.161 e. The molecule has 0 saturated carbocycles. The van der Waals surface area contributed by atoms with Crippen molar-refractivity contribution >= 4 is 0 Å². The fourth-order valence-electron chi connectivity index (χ4n) is 2.74. The van der Waals surface area contributed by atoms with Crippen LogP contribution in [0.4, 0.5) is 0 Å². The van der Waals surface area contributed by atoms with E-state index in [4.69, 9.17) is 14.6 Å². The third kappa shape index (κ3) is 3.88. The van der Waals surface area contributed by atoms with Gasteiger partial charge in [-0.05, 0) is 24.1 Å². The summed E-state index contributed by atoms with van der Waals surface area (Å²) in [6.07, 6.45) is 2.92. The van der Waals surface area contributed by atoms with E-state index in [0.29, 0.717) is 19.8 Å². The minimum Gasteiger partial charge on any atom is -0.490 e. The van der Waals surface area contributed by atoms with Crippen LogP contribution in [-0.4, -0.2) is 41.3 Å². The summed E-state index contributed by atoms with van der Waals surface area (Å²) in [5.41, 5.74) is 3.08. The van der Waals surface area contributed by atoms with Crippen LogP contribution in [0.2, 0.25) is 0 Å². The average molecular weight is 331 g/mol. The largest absolute Gasteiger partial charge is 0.490 e. The minimum atomic E-state index is 0.190. The van der Waals surface area contributed by atoms with Crippen molar-refractivity contribution in [2.45, 2.75) is 19.9 Å². The van der Waals surface area contributed by atoms with Gasteiger partial charge >= 0.3 is 0 Å². The summed E-state index contributed by atoms with van der Waals surface area (Å²) in [7, 11) is 1.92. The number of nitrogens with one attached hydrogen (secondary N) is 1. The molecule has 1 unspecified atom stereocenters. The van der Waals surface area contributed by atoms with Crippen LogP contribution in [0.3, 0.4) is 0 Å². The van der Waals surface area contributed by atoms with Crippen LogP contribution in [0.25, 0.3) is 11.3 Å². The number of hydrogen-bond donors (Lipinski definition) is 2. The van der Waals surface area contributed by atoms with Crippen LogP contribution < -0.4 is 14.8 Å². The van der Waals surface area contributed by atoms with Gasteiger partial charge in [0.2, 0.25) is 0 Å². The number of aryl methyl sites for hydroxylation is 1. The van der Waals surface area contributed by atoms with Gasteiger partial charge in [0, 0.05) is 50.5 Å². The van der Waals surface area contributed by atoms with Crippen molar-refractivity contribution in [3.05, 3.63) is 30.0 Å². The summed E-state index contributed by atoms with van der Waals surface area (Å²) < 4.78 is 13.3. The summed E-state index contributed by atoms with van der Waals surface area (Å²) in [6, 6.07) is 5.98. The van der Waals surface area contributed by atoms with Gasteiger partial charge in [-0.2, -0.15) is 5.10 Å². The Hall–Kier alpha value is -2.05. The normalized spacial score (nSPS) is 15.1. The summed E-state index contributed by atoms with van der Waals surface area (Å²) in [5.74, 6) is 1.82. The Labute approximate surface area is 142 Å². The molecule has 24 heavy (non-hydrogen) atoms. The zero-order valence-corrected chi connectivity index (χ0v) is 14.3. The predicted molar refractivity (Wildman–Crippen MR) is 92.2 cm³/mol. The Kier molecular flexibility index (Phi) is 5.37. The molecular formula is C18H25N3O3. The molecule has 0 amide bonds. The Balaban J connectivity index is 1.80. The maximum atomic E-state index is 9.12. The topological polar surface area (TPSA) is 68.5 Å². The molecule has 2 aromatic rings. The first kappa shape index (κ1) is 16.8. The van der Waals surface area contributed by atoms with Crippen molar-refractivity contribution in [2.24, 2.45) is 13.0 Å². The molecule has 0 spiro atoms. The summed E-state index contributed by atoms with van der Waals surface area (Å²) in [4.78, 5) is 0. The number of fused-ring (bicyclic) bond motifs is 1. The Morgan fingerprint density at radius 2 is 2.08 bits per heavy atom. The van der Waals surface area contributed by atoms with Gasteiger partial charge in [-0.3, -0.25) is 4.68 Å². The number of rotatable bonds is 6. The molecule has 1 aliphatic rings. The molecule has 2 N–H and O–H groups in total. The van der Waals surface area contributed by atoms with Crippen molar-refractivity contribution in [3.63, 3.8) is 0 Å². The van der Waals surface area contributed by atoms with E-state index in [1.807, 2.05) is 43.0 Å². The molecule has 0 radical (unpaired) electrons. The van der Waals surface area contributed by atoms with Crippen molar-refractivity contribution in [1.29, 1.82) is 0 Å². The van der Waals surface area contributed by atoms with Crippen LogP contribution in [-0.2, 0) is 13.6 Å². The second-order valence-corrected chi connectivity index (χ2v) is 6.31. The molecule has 1 aromatic carbocycles. The smallest absolute Gasteiger partial charge is 0.161 e. The standard InChI is InChI=1S/C18H25N3O3/c1-13(12-22)9-19-10-15-11-21(2)20-18(15)14-4-5-16-17(8-14)24-7-3-6-23-16/h4-5,8,11,13,19,22H,3,6-7,9-10,12H2,1-2H3. The van der Waals surface area contributed by atoms with Gasteiger partial charge in [0.15, 0.2) is 11.5 Å². The highest BCUT2D eigenvalue weighted by atomic mass is 16.5. The fraction of sp³-hybridized carbons (Fsp3) is 0.500. The zero-order chi connectivity index (χ0) is 16.9. The summed E-state index contributed by atoms with van der Waals surface area (Å²) >= 11 is 0. The number of aliphatic hydroxyl groups excluding tert-OH is 1. The number of aromatic nitrogens is 2. The van der Waals surface area contributed by atoms with Crippen LogP contribution in [0.15, 0.2) is 24.4 Å². The monoisotopic (exact) mass is 331 g/mol. The molecule has 1 aliphatic heterocycles. The van der Waals surface area contributed by atoms with E-state index in [-0.39, 0.29) is 12.5 Å².